The molecule has 1 fully saturated rings. The van der Waals surface area contributed by atoms with Crippen LogP contribution in [0.4, 0.5) is 5.69 Å². The van der Waals surface area contributed by atoms with Crippen molar-refractivity contribution in [1.82, 2.24) is 14.8 Å². The highest BCUT2D eigenvalue weighted by molar-refractivity contribution is 6.04. The normalized spacial score (nSPS) is 19.8. The molecule has 140 valence electrons. The second kappa shape index (κ2) is 7.39. The largest absolute Gasteiger partial charge is 0.494 e. The minimum Gasteiger partial charge on any atom is -0.494 e. The molecule has 1 N–H and O–H groups in total. The molecule has 0 atom stereocenters. The fourth-order valence-electron chi connectivity index (χ4n) is 3.72. The number of anilines is 1. The van der Waals surface area contributed by atoms with Crippen LogP contribution in [0.15, 0.2) is 42.7 Å². The van der Waals surface area contributed by atoms with Crippen molar-refractivity contribution in [3.63, 3.8) is 0 Å². The zero-order chi connectivity index (χ0) is 18.8. The molecular weight excluding hydrogens is 340 g/mol. The van der Waals surface area contributed by atoms with Crippen LogP contribution in [-0.2, 0) is 0 Å². The number of hydrogen-bond donors (Lipinski definition) is 1. The van der Waals surface area contributed by atoms with Crippen molar-refractivity contribution in [2.75, 3.05) is 12.4 Å². The SMILES string of the molecule is COc1cc2nn(C3CCC(C)CC3)cc2cc1NC(=O)c1ccccn1. The van der Waals surface area contributed by atoms with Gasteiger partial charge in [-0.15, -0.1) is 0 Å². The lowest BCUT2D eigenvalue weighted by atomic mass is 9.87. The number of fused-ring (bicyclic) bond motifs is 1. The van der Waals surface area contributed by atoms with E-state index in [1.807, 2.05) is 12.1 Å². The van der Waals surface area contributed by atoms with Crippen LogP contribution in [0.2, 0.25) is 0 Å². The molecule has 0 spiro atoms. The highest BCUT2D eigenvalue weighted by Crippen LogP contribution is 2.34. The van der Waals surface area contributed by atoms with Gasteiger partial charge in [0.05, 0.1) is 24.4 Å². The molecule has 0 radical (unpaired) electrons. The van der Waals surface area contributed by atoms with Crippen molar-refractivity contribution in [3.05, 3.63) is 48.4 Å². The van der Waals surface area contributed by atoms with Crippen molar-refractivity contribution in [1.29, 1.82) is 0 Å². The predicted octanol–water partition coefficient (Wildman–Crippen LogP) is 4.44. The minimum atomic E-state index is -0.262. The van der Waals surface area contributed by atoms with E-state index < -0.39 is 0 Å². The van der Waals surface area contributed by atoms with Gasteiger partial charge in [-0.25, -0.2) is 0 Å². The maximum Gasteiger partial charge on any atom is 0.274 e. The summed E-state index contributed by atoms with van der Waals surface area (Å²) in [5.74, 6) is 1.14. The van der Waals surface area contributed by atoms with Crippen LogP contribution in [0.25, 0.3) is 10.9 Å². The number of benzene rings is 1. The molecular formula is C21H24N4O2. The average molecular weight is 364 g/mol. The van der Waals surface area contributed by atoms with Gasteiger partial charge >= 0.3 is 0 Å². The van der Waals surface area contributed by atoms with Gasteiger partial charge in [0.1, 0.15) is 11.4 Å². The first kappa shape index (κ1) is 17.5. The van der Waals surface area contributed by atoms with Gasteiger partial charge in [-0.05, 0) is 49.8 Å². The minimum absolute atomic E-state index is 0.262. The Bertz CT molecular complexity index is 943. The highest BCUT2D eigenvalue weighted by Gasteiger charge is 2.21. The van der Waals surface area contributed by atoms with E-state index in [4.69, 9.17) is 9.84 Å². The Morgan fingerprint density at radius 2 is 2.04 bits per heavy atom. The van der Waals surface area contributed by atoms with Gasteiger partial charge < -0.3 is 10.1 Å². The van der Waals surface area contributed by atoms with Crippen LogP contribution in [0.1, 0.15) is 49.1 Å². The molecule has 0 aliphatic heterocycles. The molecule has 0 saturated heterocycles. The second-order valence-electron chi connectivity index (χ2n) is 7.30. The molecule has 2 aromatic heterocycles. The lowest BCUT2D eigenvalue weighted by molar-refractivity contribution is 0.102. The van der Waals surface area contributed by atoms with Gasteiger partial charge in [-0.1, -0.05) is 13.0 Å². The molecule has 1 aliphatic rings. The summed E-state index contributed by atoms with van der Waals surface area (Å²) in [6.45, 7) is 2.32. The number of methoxy groups -OCH3 is 1. The molecule has 4 rings (SSSR count). The molecule has 0 bridgehead atoms. The summed E-state index contributed by atoms with van der Waals surface area (Å²) in [5.41, 5.74) is 1.87. The molecule has 27 heavy (non-hydrogen) atoms. The molecule has 1 aromatic carbocycles. The molecule has 1 amide bonds. The summed E-state index contributed by atoms with van der Waals surface area (Å²) in [6.07, 6.45) is 8.49. The van der Waals surface area contributed by atoms with Crippen molar-refractivity contribution in [3.8, 4) is 5.75 Å². The molecule has 6 nitrogen and oxygen atoms in total. The zero-order valence-electron chi connectivity index (χ0n) is 15.7. The van der Waals surface area contributed by atoms with Crippen LogP contribution in [-0.4, -0.2) is 27.8 Å². The van der Waals surface area contributed by atoms with Crippen LogP contribution in [0.3, 0.4) is 0 Å². The third-order valence-electron chi connectivity index (χ3n) is 5.35. The van der Waals surface area contributed by atoms with E-state index in [1.165, 1.54) is 12.8 Å². The first-order valence-corrected chi connectivity index (χ1v) is 9.43. The number of pyridine rings is 1. The molecule has 0 unspecified atom stereocenters. The third kappa shape index (κ3) is 3.65. The maximum absolute atomic E-state index is 12.5. The lowest BCUT2D eigenvalue weighted by Crippen LogP contribution is -2.16. The Morgan fingerprint density at radius 1 is 1.22 bits per heavy atom. The van der Waals surface area contributed by atoms with Crippen LogP contribution in [0, 0.1) is 5.92 Å². The van der Waals surface area contributed by atoms with E-state index in [-0.39, 0.29) is 5.91 Å². The van der Waals surface area contributed by atoms with E-state index in [2.05, 4.69) is 28.1 Å². The zero-order valence-corrected chi connectivity index (χ0v) is 15.7. The number of rotatable bonds is 4. The van der Waals surface area contributed by atoms with E-state index in [1.54, 1.807) is 31.5 Å². The lowest BCUT2D eigenvalue weighted by Gasteiger charge is -2.26. The molecule has 2 heterocycles. The Balaban J connectivity index is 1.62. The molecule has 1 aliphatic carbocycles. The number of aromatic nitrogens is 3. The summed E-state index contributed by atoms with van der Waals surface area (Å²) in [5, 5.41) is 8.65. The van der Waals surface area contributed by atoms with Crippen molar-refractivity contribution in [2.45, 2.75) is 38.6 Å². The molecule has 1 saturated carbocycles. The van der Waals surface area contributed by atoms with Gasteiger partial charge in [0, 0.05) is 23.8 Å². The van der Waals surface area contributed by atoms with Crippen molar-refractivity contribution in [2.24, 2.45) is 5.92 Å². The first-order chi connectivity index (χ1) is 13.1. The number of carbonyl (C=O) groups excluding carboxylic acids is 1. The number of amides is 1. The maximum atomic E-state index is 12.5. The van der Waals surface area contributed by atoms with Gasteiger partial charge in [-0.2, -0.15) is 5.10 Å². The number of nitrogens with zero attached hydrogens (tertiary/aromatic N) is 3. The summed E-state index contributed by atoms with van der Waals surface area (Å²) < 4.78 is 7.56. The number of carbonyl (C=O) groups is 1. The number of ether oxygens (including phenoxy) is 1. The Labute approximate surface area is 158 Å². The summed E-state index contributed by atoms with van der Waals surface area (Å²) in [6, 6.07) is 9.50. The first-order valence-electron chi connectivity index (χ1n) is 9.43. The molecule has 3 aromatic rings. The summed E-state index contributed by atoms with van der Waals surface area (Å²) in [7, 11) is 1.59. The highest BCUT2D eigenvalue weighted by atomic mass is 16.5. The number of hydrogen-bond acceptors (Lipinski definition) is 4. The monoisotopic (exact) mass is 364 g/mol. The Morgan fingerprint density at radius 3 is 2.74 bits per heavy atom. The van der Waals surface area contributed by atoms with Gasteiger partial charge in [0.25, 0.3) is 5.91 Å². The summed E-state index contributed by atoms with van der Waals surface area (Å²) >= 11 is 0. The number of nitrogens with one attached hydrogen (secondary N) is 1. The van der Waals surface area contributed by atoms with E-state index >= 15 is 0 Å². The van der Waals surface area contributed by atoms with E-state index in [0.717, 1.165) is 29.7 Å². The second-order valence-corrected chi connectivity index (χ2v) is 7.30. The summed E-state index contributed by atoms with van der Waals surface area (Å²) in [4.78, 5) is 16.5. The van der Waals surface area contributed by atoms with Crippen LogP contribution < -0.4 is 10.1 Å². The Kier molecular flexibility index (Phi) is 4.79. The standard InChI is InChI=1S/C21H24N4O2/c1-14-6-8-16(9-7-14)25-13-15-11-19(20(27-2)12-18(15)24-25)23-21(26)17-5-3-4-10-22-17/h3-5,10-14,16H,6-9H2,1-2H3,(H,23,26). The average Bonchev–Trinajstić information content (AvgIpc) is 3.11. The smallest absolute Gasteiger partial charge is 0.274 e. The fourth-order valence-corrected chi connectivity index (χ4v) is 3.72. The molecule has 6 heteroatoms. The van der Waals surface area contributed by atoms with E-state index in [0.29, 0.717) is 23.2 Å². The third-order valence-corrected chi connectivity index (χ3v) is 5.35. The van der Waals surface area contributed by atoms with Crippen molar-refractivity contribution < 1.29 is 9.53 Å². The van der Waals surface area contributed by atoms with E-state index in [9.17, 15) is 4.79 Å². The fraction of sp³-hybridized carbons (Fsp3) is 0.381. The topological polar surface area (TPSA) is 69.0 Å². The van der Waals surface area contributed by atoms with Crippen LogP contribution in [0.5, 0.6) is 5.75 Å². The van der Waals surface area contributed by atoms with Gasteiger partial charge in [0.2, 0.25) is 0 Å². The van der Waals surface area contributed by atoms with Gasteiger partial charge in [-0.3, -0.25) is 14.5 Å². The van der Waals surface area contributed by atoms with Crippen LogP contribution >= 0.6 is 0 Å². The predicted molar refractivity (Wildman–Crippen MR) is 105 cm³/mol. The Hall–Kier alpha value is -2.89. The van der Waals surface area contributed by atoms with Crippen molar-refractivity contribution >= 4 is 22.5 Å². The van der Waals surface area contributed by atoms with Gasteiger partial charge in [0.15, 0.2) is 0 Å². The quantitative estimate of drug-likeness (QED) is 0.743.